The monoisotopic (exact) mass is 445 g/mol. The maximum absolute atomic E-state index is 15.1. The van der Waals surface area contributed by atoms with E-state index >= 15 is 4.39 Å². The molecule has 0 radical (unpaired) electrons. The maximum atomic E-state index is 15.1. The predicted octanol–water partition coefficient (Wildman–Crippen LogP) is 6.16. The molecule has 1 aliphatic rings. The molecule has 0 aliphatic heterocycles. The zero-order valence-electron chi connectivity index (χ0n) is 17.6. The first-order chi connectivity index (χ1) is 14.4. The highest BCUT2D eigenvalue weighted by Gasteiger charge is 2.32. The summed E-state index contributed by atoms with van der Waals surface area (Å²) in [6, 6.07) is 5.72. The summed E-state index contributed by atoms with van der Waals surface area (Å²) in [5.74, 6) is -0.119. The molecule has 0 spiro atoms. The fourth-order valence-electron chi connectivity index (χ4n) is 3.70. The third-order valence-corrected chi connectivity index (χ3v) is 6.43. The van der Waals surface area contributed by atoms with Crippen molar-refractivity contribution in [3.8, 4) is 0 Å². The Balaban J connectivity index is 0.00000124. The van der Waals surface area contributed by atoms with E-state index in [1.165, 1.54) is 17.4 Å². The van der Waals surface area contributed by atoms with E-state index in [2.05, 4.69) is 17.9 Å². The summed E-state index contributed by atoms with van der Waals surface area (Å²) in [5, 5.41) is 6.06. The summed E-state index contributed by atoms with van der Waals surface area (Å²) in [7, 11) is 0. The van der Waals surface area contributed by atoms with Crippen LogP contribution in [0.1, 0.15) is 44.4 Å². The number of fused-ring (bicyclic) bond motifs is 1. The van der Waals surface area contributed by atoms with E-state index in [1.807, 2.05) is 55.7 Å². The quantitative estimate of drug-likeness (QED) is 0.287. The molecule has 8 heteroatoms. The summed E-state index contributed by atoms with van der Waals surface area (Å²) in [5.41, 5.74) is 15.9. The van der Waals surface area contributed by atoms with Crippen molar-refractivity contribution in [3.63, 3.8) is 0 Å². The first-order valence-corrected chi connectivity index (χ1v) is 11.3. The van der Waals surface area contributed by atoms with Crippen molar-refractivity contribution < 1.29 is 4.39 Å². The molecule has 0 saturated heterocycles. The Hall–Kier alpha value is -2.45. The molecule has 2 heterocycles. The van der Waals surface area contributed by atoms with Crippen LogP contribution < -0.4 is 16.8 Å². The minimum Gasteiger partial charge on any atom is -0.402 e. The van der Waals surface area contributed by atoms with Crippen molar-refractivity contribution in [3.05, 3.63) is 58.5 Å². The fraction of sp³-hybridized carbons (Fsp3) is 0.318. The molecule has 0 bridgehead atoms. The molecule has 30 heavy (non-hydrogen) atoms. The van der Waals surface area contributed by atoms with Crippen LogP contribution in [0.2, 0.25) is 0 Å². The zero-order chi connectivity index (χ0) is 22.0. The van der Waals surface area contributed by atoms with Crippen LogP contribution in [0.15, 0.2) is 52.3 Å². The van der Waals surface area contributed by atoms with Gasteiger partial charge >= 0.3 is 0 Å². The van der Waals surface area contributed by atoms with E-state index in [9.17, 15) is 0 Å². The van der Waals surface area contributed by atoms with Crippen molar-refractivity contribution in [2.45, 2.75) is 45.1 Å². The summed E-state index contributed by atoms with van der Waals surface area (Å²) in [6.45, 7) is 7.97. The van der Waals surface area contributed by atoms with Gasteiger partial charge in [-0.05, 0) is 43.0 Å². The number of imidazole rings is 1. The number of benzene rings is 1. The molecule has 2 aromatic heterocycles. The molecule has 0 saturated carbocycles. The van der Waals surface area contributed by atoms with Gasteiger partial charge in [-0.1, -0.05) is 32.9 Å². The first kappa shape index (κ1) is 22.2. The van der Waals surface area contributed by atoms with Crippen LogP contribution >= 0.6 is 24.0 Å². The van der Waals surface area contributed by atoms with Crippen LogP contribution in [0, 0.1) is 12.8 Å². The van der Waals surface area contributed by atoms with Gasteiger partial charge in [-0.15, -0.1) is 24.0 Å². The van der Waals surface area contributed by atoms with Gasteiger partial charge in [0.2, 0.25) is 0 Å². The zero-order valence-corrected chi connectivity index (χ0v) is 19.3. The number of hydrogen-bond donors (Lipinski definition) is 4. The van der Waals surface area contributed by atoms with Gasteiger partial charge in [0, 0.05) is 11.1 Å². The molecule has 4 rings (SSSR count). The van der Waals surface area contributed by atoms with Crippen LogP contribution in [0.5, 0.6) is 0 Å². The number of thiazole rings is 1. The predicted molar refractivity (Wildman–Crippen MR) is 129 cm³/mol. The topological polar surface area (TPSA) is 81.4 Å². The van der Waals surface area contributed by atoms with E-state index in [0.717, 1.165) is 21.2 Å². The van der Waals surface area contributed by atoms with Gasteiger partial charge < -0.3 is 16.8 Å². The fourth-order valence-corrected chi connectivity index (χ4v) is 4.89. The highest BCUT2D eigenvalue weighted by molar-refractivity contribution is 7.80. The molecule has 160 valence electrons. The number of hydrogen-bond acceptors (Lipinski definition) is 6. The lowest BCUT2D eigenvalue weighted by atomic mass is 9.87. The highest BCUT2D eigenvalue weighted by Crippen LogP contribution is 2.43. The number of nitrogens with zero attached hydrogens (tertiary/aromatic N) is 2. The second kappa shape index (κ2) is 9.14. The van der Waals surface area contributed by atoms with Crippen molar-refractivity contribution in [2.24, 2.45) is 11.7 Å². The van der Waals surface area contributed by atoms with E-state index in [-0.39, 0.29) is 11.7 Å². The molecule has 0 amide bonds. The summed E-state index contributed by atoms with van der Waals surface area (Å²) >= 11 is 6.04. The third kappa shape index (κ3) is 4.06. The van der Waals surface area contributed by atoms with Gasteiger partial charge in [-0.3, -0.25) is 4.40 Å². The number of aromatic nitrogens is 2. The Bertz CT molecular complexity index is 1090. The Kier molecular flexibility index (Phi) is 6.77. The van der Waals surface area contributed by atoms with Crippen molar-refractivity contribution >= 4 is 46.1 Å². The van der Waals surface area contributed by atoms with Gasteiger partial charge in [0.1, 0.15) is 11.6 Å². The number of anilines is 3. The van der Waals surface area contributed by atoms with E-state index in [1.54, 1.807) is 6.08 Å². The highest BCUT2D eigenvalue weighted by atomic mass is 32.1. The largest absolute Gasteiger partial charge is 0.402 e. The van der Waals surface area contributed by atoms with Crippen molar-refractivity contribution in [1.29, 1.82) is 0 Å². The summed E-state index contributed by atoms with van der Waals surface area (Å²) in [4.78, 5) is 5.51. The number of rotatable bonds is 3. The van der Waals surface area contributed by atoms with Crippen LogP contribution in [-0.2, 0) is 0 Å². The lowest BCUT2D eigenvalue weighted by molar-refractivity contribution is 0.425. The van der Waals surface area contributed by atoms with Crippen LogP contribution in [0.4, 0.5) is 21.6 Å². The number of allylic oxidation sites excluding steroid dienone is 4. The minimum absolute atomic E-state index is 0.0438. The average molecular weight is 446 g/mol. The maximum Gasteiger partial charge on any atom is 0.196 e. The number of halogens is 1. The standard InChI is InChI=1S/C20H22FN5S2.C2H6/c1-10-4-3-5-14(23)17(10)24-19-18(25-20-26(19)15(27)9-28-20)16-11(2)8-12(22)6-7-13(16)21;1-2/h3-7,9,11,16,24,27H,8,22-23H2,1-2H3;1-2H3. The molecular weight excluding hydrogens is 417 g/mol. The second-order valence-electron chi connectivity index (χ2n) is 7.17. The molecule has 2 unspecified atom stereocenters. The van der Waals surface area contributed by atoms with Crippen LogP contribution in [-0.4, -0.2) is 9.38 Å². The number of para-hydroxylation sites is 1. The lowest BCUT2D eigenvalue weighted by Gasteiger charge is -2.22. The Morgan fingerprint density at radius 1 is 1.27 bits per heavy atom. The van der Waals surface area contributed by atoms with E-state index < -0.39 is 5.92 Å². The average Bonchev–Trinajstić information content (AvgIpc) is 3.21. The van der Waals surface area contributed by atoms with Crippen molar-refractivity contribution in [1.82, 2.24) is 9.38 Å². The SMILES string of the molecule is CC.Cc1cccc(N)c1Nc1c(C2C(F)=CC=C(N)CC2C)nc2scc(S)n12. The number of thiol groups is 1. The van der Waals surface area contributed by atoms with Gasteiger partial charge in [0.25, 0.3) is 0 Å². The molecule has 1 aliphatic carbocycles. The molecule has 3 aromatic rings. The molecule has 1 aromatic carbocycles. The molecule has 5 nitrogen and oxygen atoms in total. The second-order valence-corrected chi connectivity index (χ2v) is 8.47. The number of nitrogen functional groups attached to an aromatic ring is 1. The van der Waals surface area contributed by atoms with Gasteiger partial charge in [0.05, 0.1) is 28.0 Å². The smallest absolute Gasteiger partial charge is 0.196 e. The van der Waals surface area contributed by atoms with Gasteiger partial charge in [-0.25, -0.2) is 9.37 Å². The molecular formula is C22H28FN5S2. The molecule has 2 atom stereocenters. The number of nitrogens with two attached hydrogens (primary N) is 2. The molecule has 0 fully saturated rings. The van der Waals surface area contributed by atoms with Crippen molar-refractivity contribution in [2.75, 3.05) is 11.1 Å². The first-order valence-electron chi connectivity index (χ1n) is 9.99. The van der Waals surface area contributed by atoms with E-state index in [0.29, 0.717) is 29.3 Å². The Morgan fingerprint density at radius 2 is 2.00 bits per heavy atom. The van der Waals surface area contributed by atoms with Gasteiger partial charge in [0.15, 0.2) is 4.96 Å². The normalized spacial score (nSPS) is 18.9. The summed E-state index contributed by atoms with van der Waals surface area (Å²) in [6.07, 6.45) is 3.69. The number of nitrogens with one attached hydrogen (secondary N) is 1. The molecule has 5 N–H and O–H groups in total. The van der Waals surface area contributed by atoms with Crippen LogP contribution in [0.25, 0.3) is 4.96 Å². The van der Waals surface area contributed by atoms with E-state index in [4.69, 9.17) is 16.5 Å². The lowest BCUT2D eigenvalue weighted by Crippen LogP contribution is -2.15. The summed E-state index contributed by atoms with van der Waals surface area (Å²) < 4.78 is 17.0. The Morgan fingerprint density at radius 3 is 2.70 bits per heavy atom. The Labute approximate surface area is 186 Å². The van der Waals surface area contributed by atoms with Crippen LogP contribution in [0.3, 0.4) is 0 Å². The number of aryl methyl sites for hydroxylation is 1. The minimum atomic E-state index is -0.509. The third-order valence-electron chi connectivity index (χ3n) is 5.10. The van der Waals surface area contributed by atoms with Gasteiger partial charge in [-0.2, -0.15) is 0 Å².